The summed E-state index contributed by atoms with van der Waals surface area (Å²) >= 11 is 0.367. The highest BCUT2D eigenvalue weighted by Crippen LogP contribution is 2.38. The normalized spacial score (nSPS) is 14.8. The van der Waals surface area contributed by atoms with E-state index in [9.17, 15) is 9.35 Å². The number of fused-ring (bicyclic) bond motifs is 3. The summed E-state index contributed by atoms with van der Waals surface area (Å²) in [5.41, 5.74) is 1.03. The van der Waals surface area contributed by atoms with Gasteiger partial charge in [-0.1, -0.05) is 12.0 Å². The maximum atomic E-state index is 12.9. The largest absolute Gasteiger partial charge is 0.598 e. The first-order chi connectivity index (χ1) is 14.1. The highest BCUT2D eigenvalue weighted by atomic mass is 32.2. The van der Waals surface area contributed by atoms with E-state index >= 15 is 0 Å². The quantitative estimate of drug-likeness (QED) is 0.333. The van der Waals surface area contributed by atoms with Crippen LogP contribution in [-0.2, 0) is 26.4 Å². The Morgan fingerprint density at radius 2 is 1.77 bits per heavy atom. The van der Waals surface area contributed by atoms with E-state index in [1.165, 1.54) is 11.8 Å². The maximum absolute atomic E-state index is 12.9. The zero-order chi connectivity index (χ0) is 22.1. The number of nitrogens with one attached hydrogen (secondary N) is 1. The molecule has 6 heteroatoms. The number of carbonyl (C=O) groups excluding carboxylic acids is 1. The second-order valence-corrected chi connectivity index (χ2v) is 11.5. The van der Waals surface area contributed by atoms with Crippen LogP contribution in [0.3, 0.4) is 0 Å². The standard InChI is InChI=1S/C24H27NO3S2/c1-7-8-16-9-11-20-18(13-16)19-14-17(10-12-21(19)29-20)24(5,15-22(26)28-6)25-30(27)23(2,3)4/h9-14,25H,15H2,1-6H3. The van der Waals surface area contributed by atoms with Gasteiger partial charge in [-0.3, -0.25) is 4.79 Å². The molecule has 0 radical (unpaired) electrons. The molecule has 30 heavy (non-hydrogen) atoms. The van der Waals surface area contributed by atoms with Crippen LogP contribution in [0, 0.1) is 11.8 Å². The lowest BCUT2D eigenvalue weighted by atomic mass is 9.89. The zero-order valence-electron chi connectivity index (χ0n) is 18.2. The lowest BCUT2D eigenvalue weighted by Gasteiger charge is -2.34. The molecule has 4 nitrogen and oxygen atoms in total. The Labute approximate surface area is 185 Å². The molecule has 0 saturated heterocycles. The molecule has 0 aliphatic rings. The van der Waals surface area contributed by atoms with Crippen molar-refractivity contribution in [3.63, 3.8) is 0 Å². The average molecular weight is 442 g/mol. The topological polar surface area (TPSA) is 61.4 Å². The Kier molecular flexibility index (Phi) is 6.49. The van der Waals surface area contributed by atoms with Gasteiger partial charge in [0.05, 0.1) is 19.1 Å². The van der Waals surface area contributed by atoms with Crippen LogP contribution in [0.15, 0.2) is 36.4 Å². The van der Waals surface area contributed by atoms with E-state index in [1.807, 2.05) is 46.8 Å². The summed E-state index contributed by atoms with van der Waals surface area (Å²) in [6.07, 6.45) is 0.0749. The monoisotopic (exact) mass is 441 g/mol. The molecule has 2 unspecified atom stereocenters. The summed E-state index contributed by atoms with van der Waals surface area (Å²) in [7, 11) is 1.37. The third-order valence-electron chi connectivity index (χ3n) is 4.98. The molecule has 3 rings (SSSR count). The summed E-state index contributed by atoms with van der Waals surface area (Å²) in [4.78, 5) is 12.2. The molecular weight excluding hydrogens is 414 g/mol. The van der Waals surface area contributed by atoms with Crippen molar-refractivity contribution in [1.29, 1.82) is 0 Å². The highest BCUT2D eigenvalue weighted by molar-refractivity contribution is 7.90. The fourth-order valence-electron chi connectivity index (χ4n) is 3.26. The molecule has 0 saturated carbocycles. The van der Waals surface area contributed by atoms with E-state index in [4.69, 9.17) is 4.74 Å². The second kappa shape index (κ2) is 8.60. The molecular formula is C24H27NO3S2. The Morgan fingerprint density at radius 3 is 2.37 bits per heavy atom. The third-order valence-corrected chi connectivity index (χ3v) is 7.88. The first kappa shape index (κ1) is 22.6. The van der Waals surface area contributed by atoms with Crippen LogP contribution in [0.5, 0.6) is 0 Å². The summed E-state index contributed by atoms with van der Waals surface area (Å²) < 4.78 is 22.9. The van der Waals surface area contributed by atoms with Gasteiger partial charge in [0.15, 0.2) is 0 Å². The molecule has 2 aromatic carbocycles. The molecule has 3 aromatic rings. The number of hydrogen-bond donors (Lipinski definition) is 1. The Morgan fingerprint density at radius 1 is 1.13 bits per heavy atom. The summed E-state index contributed by atoms with van der Waals surface area (Å²) in [6, 6.07) is 12.4. The lowest BCUT2D eigenvalue weighted by Crippen LogP contribution is -2.50. The van der Waals surface area contributed by atoms with Crippen LogP contribution in [0.4, 0.5) is 0 Å². The van der Waals surface area contributed by atoms with Crippen LogP contribution in [-0.4, -0.2) is 22.4 Å². The average Bonchev–Trinajstić information content (AvgIpc) is 3.04. The number of esters is 1. The summed E-state index contributed by atoms with van der Waals surface area (Å²) in [5, 5.41) is 2.24. The molecule has 1 aromatic heterocycles. The third kappa shape index (κ3) is 4.65. The van der Waals surface area contributed by atoms with Crippen LogP contribution in [0.2, 0.25) is 0 Å². The zero-order valence-corrected chi connectivity index (χ0v) is 19.8. The fourth-order valence-corrected chi connectivity index (χ4v) is 5.23. The van der Waals surface area contributed by atoms with Crippen molar-refractivity contribution < 1.29 is 14.1 Å². The van der Waals surface area contributed by atoms with Crippen molar-refractivity contribution in [2.75, 3.05) is 7.11 Å². The number of benzene rings is 2. The minimum atomic E-state index is -1.36. The van der Waals surface area contributed by atoms with Gasteiger partial charge in [0.2, 0.25) is 0 Å². The fraction of sp³-hybridized carbons (Fsp3) is 0.375. The van der Waals surface area contributed by atoms with Gasteiger partial charge in [-0.25, -0.2) is 0 Å². The van der Waals surface area contributed by atoms with Crippen LogP contribution in [0.1, 0.15) is 52.2 Å². The van der Waals surface area contributed by atoms with Crippen LogP contribution in [0.25, 0.3) is 20.2 Å². The first-order valence-electron chi connectivity index (χ1n) is 9.73. The molecule has 0 amide bonds. The van der Waals surface area contributed by atoms with Gasteiger partial charge in [-0.15, -0.1) is 22.0 Å². The summed E-state index contributed by atoms with van der Waals surface area (Å²) in [6.45, 7) is 9.44. The van der Waals surface area contributed by atoms with Crippen molar-refractivity contribution >= 4 is 48.8 Å². The molecule has 1 N–H and O–H groups in total. The molecule has 0 fully saturated rings. The van der Waals surface area contributed by atoms with E-state index in [-0.39, 0.29) is 12.4 Å². The van der Waals surface area contributed by atoms with Gasteiger partial charge in [0.1, 0.15) is 4.75 Å². The SMILES string of the molecule is CC#Cc1ccc2sc3ccc(C(C)(CC(=O)OC)N[S+]([O-])C(C)(C)C)cc3c2c1. The van der Waals surface area contributed by atoms with E-state index in [2.05, 4.69) is 40.8 Å². The molecule has 1 heterocycles. The van der Waals surface area contributed by atoms with Gasteiger partial charge in [0, 0.05) is 37.1 Å². The van der Waals surface area contributed by atoms with Gasteiger partial charge in [-0.2, -0.15) is 0 Å². The van der Waals surface area contributed by atoms with Crippen molar-refractivity contribution in [2.24, 2.45) is 0 Å². The van der Waals surface area contributed by atoms with Crippen molar-refractivity contribution in [3.8, 4) is 11.8 Å². The Balaban J connectivity index is 2.14. The van der Waals surface area contributed by atoms with Gasteiger partial charge in [-0.05, 0) is 70.5 Å². The second-order valence-electron chi connectivity index (χ2n) is 8.47. The maximum Gasteiger partial charge on any atom is 0.307 e. The number of carbonyl (C=O) groups is 1. The lowest BCUT2D eigenvalue weighted by molar-refractivity contribution is -0.142. The molecule has 0 aliphatic carbocycles. The molecule has 0 bridgehead atoms. The van der Waals surface area contributed by atoms with Crippen LogP contribution >= 0.6 is 11.3 Å². The molecule has 0 aliphatic heterocycles. The van der Waals surface area contributed by atoms with Gasteiger partial charge in [0.25, 0.3) is 0 Å². The minimum Gasteiger partial charge on any atom is -0.598 e. The summed E-state index contributed by atoms with van der Waals surface area (Å²) in [5.74, 6) is 5.71. The van der Waals surface area contributed by atoms with E-state index in [0.29, 0.717) is 0 Å². The van der Waals surface area contributed by atoms with Crippen molar-refractivity contribution in [1.82, 2.24) is 4.72 Å². The van der Waals surface area contributed by atoms with Crippen molar-refractivity contribution in [3.05, 3.63) is 47.5 Å². The first-order valence-corrected chi connectivity index (χ1v) is 11.7. The molecule has 2 atom stereocenters. The number of thiophene rings is 1. The van der Waals surface area contributed by atoms with E-state index in [1.54, 1.807) is 11.3 Å². The van der Waals surface area contributed by atoms with E-state index in [0.717, 1.165) is 26.6 Å². The van der Waals surface area contributed by atoms with E-state index < -0.39 is 21.6 Å². The molecule has 0 spiro atoms. The predicted molar refractivity (Wildman–Crippen MR) is 127 cm³/mol. The smallest absolute Gasteiger partial charge is 0.307 e. The van der Waals surface area contributed by atoms with Crippen LogP contribution < -0.4 is 4.72 Å². The van der Waals surface area contributed by atoms with Gasteiger partial charge >= 0.3 is 5.97 Å². The predicted octanol–water partition coefficient (Wildman–Crippen LogP) is 5.26. The number of methoxy groups -OCH3 is 1. The van der Waals surface area contributed by atoms with Crippen molar-refractivity contribution in [2.45, 2.75) is 51.3 Å². The number of ether oxygens (including phenoxy) is 1. The number of hydrogen-bond acceptors (Lipinski definition) is 5. The Bertz CT molecular complexity index is 1150. The Hall–Kier alpha value is -2.04. The highest BCUT2D eigenvalue weighted by Gasteiger charge is 2.39. The minimum absolute atomic E-state index is 0.0749. The number of rotatable bonds is 5. The van der Waals surface area contributed by atoms with Gasteiger partial charge < -0.3 is 9.29 Å². The molecule has 158 valence electrons.